The molecule has 0 spiro atoms. The Balaban J connectivity index is 1.36. The SMILES string of the molecule is COCC(C)NC1CCC(Nc2ncc(F)c(-c3cc(NCC4(C)CCOCC4)ccn3)n2)CC1. The molecule has 1 aliphatic carbocycles. The minimum atomic E-state index is -0.475. The quantitative estimate of drug-likeness (QED) is 0.459. The second-order valence-corrected chi connectivity index (χ2v) is 10.3. The first-order valence-electron chi connectivity index (χ1n) is 12.8. The number of anilines is 2. The van der Waals surface area contributed by atoms with E-state index in [1.54, 1.807) is 13.3 Å². The molecule has 2 aromatic heterocycles. The van der Waals surface area contributed by atoms with E-state index < -0.39 is 5.82 Å². The van der Waals surface area contributed by atoms with Crippen molar-refractivity contribution >= 4 is 11.6 Å². The lowest BCUT2D eigenvalue weighted by Crippen LogP contribution is -2.43. The van der Waals surface area contributed by atoms with Crippen LogP contribution in [0.4, 0.5) is 16.0 Å². The maximum absolute atomic E-state index is 14.7. The van der Waals surface area contributed by atoms with Crippen molar-refractivity contribution < 1.29 is 13.9 Å². The number of aromatic nitrogens is 3. The Labute approximate surface area is 207 Å². The zero-order chi connectivity index (χ0) is 24.7. The van der Waals surface area contributed by atoms with Crippen molar-refractivity contribution in [1.82, 2.24) is 20.3 Å². The number of hydrogen-bond acceptors (Lipinski definition) is 8. The van der Waals surface area contributed by atoms with Gasteiger partial charge in [-0.15, -0.1) is 0 Å². The maximum atomic E-state index is 14.7. The first-order valence-corrected chi connectivity index (χ1v) is 12.8. The monoisotopic (exact) mass is 486 g/mol. The molecular weight excluding hydrogens is 447 g/mol. The molecule has 1 atom stereocenters. The Morgan fingerprint density at radius 2 is 1.91 bits per heavy atom. The summed E-state index contributed by atoms with van der Waals surface area (Å²) in [6.45, 7) is 7.56. The van der Waals surface area contributed by atoms with E-state index >= 15 is 0 Å². The highest BCUT2D eigenvalue weighted by Crippen LogP contribution is 2.31. The van der Waals surface area contributed by atoms with Crippen molar-refractivity contribution in [2.24, 2.45) is 5.41 Å². The van der Waals surface area contributed by atoms with Crippen molar-refractivity contribution in [3.63, 3.8) is 0 Å². The number of nitrogens with one attached hydrogen (secondary N) is 3. The molecule has 2 aliphatic rings. The Morgan fingerprint density at radius 1 is 1.17 bits per heavy atom. The van der Waals surface area contributed by atoms with Crippen LogP contribution in [0.5, 0.6) is 0 Å². The van der Waals surface area contributed by atoms with E-state index in [2.05, 4.69) is 44.7 Å². The van der Waals surface area contributed by atoms with Crippen LogP contribution in [-0.4, -0.2) is 66.6 Å². The van der Waals surface area contributed by atoms with Gasteiger partial charge in [0.2, 0.25) is 5.95 Å². The van der Waals surface area contributed by atoms with E-state index in [0.29, 0.717) is 30.3 Å². The van der Waals surface area contributed by atoms with E-state index in [1.807, 2.05) is 12.1 Å². The molecule has 3 N–H and O–H groups in total. The summed E-state index contributed by atoms with van der Waals surface area (Å²) in [5, 5.41) is 10.5. The van der Waals surface area contributed by atoms with E-state index in [9.17, 15) is 4.39 Å². The van der Waals surface area contributed by atoms with Crippen molar-refractivity contribution in [2.75, 3.05) is 44.1 Å². The summed E-state index contributed by atoms with van der Waals surface area (Å²) in [5.41, 5.74) is 1.81. The molecule has 2 aromatic rings. The van der Waals surface area contributed by atoms with E-state index in [4.69, 9.17) is 9.47 Å². The minimum Gasteiger partial charge on any atom is -0.384 e. The van der Waals surface area contributed by atoms with E-state index in [0.717, 1.165) is 64.0 Å². The van der Waals surface area contributed by atoms with Crippen molar-refractivity contribution in [3.8, 4) is 11.4 Å². The third-order valence-corrected chi connectivity index (χ3v) is 7.16. The summed E-state index contributed by atoms with van der Waals surface area (Å²) in [5.74, 6) is -0.0305. The highest BCUT2D eigenvalue weighted by molar-refractivity contribution is 5.62. The third-order valence-electron chi connectivity index (χ3n) is 7.16. The zero-order valence-corrected chi connectivity index (χ0v) is 21.1. The Hall–Kier alpha value is -2.36. The molecule has 192 valence electrons. The molecule has 1 saturated carbocycles. The van der Waals surface area contributed by atoms with E-state index in [-0.39, 0.29) is 17.2 Å². The first-order chi connectivity index (χ1) is 16.9. The average molecular weight is 487 g/mol. The van der Waals surface area contributed by atoms with Crippen molar-refractivity contribution in [3.05, 3.63) is 30.3 Å². The Bertz CT molecular complexity index is 947. The van der Waals surface area contributed by atoms with Crippen molar-refractivity contribution in [1.29, 1.82) is 0 Å². The molecule has 0 amide bonds. The summed E-state index contributed by atoms with van der Waals surface area (Å²) in [6.07, 6.45) is 9.13. The molecule has 1 aliphatic heterocycles. The maximum Gasteiger partial charge on any atom is 0.223 e. The molecule has 0 aromatic carbocycles. The normalized spacial score (nSPS) is 23.0. The van der Waals surface area contributed by atoms with Crippen LogP contribution in [0.3, 0.4) is 0 Å². The van der Waals surface area contributed by atoms with Gasteiger partial charge in [0.15, 0.2) is 5.82 Å². The third kappa shape index (κ3) is 7.32. The largest absolute Gasteiger partial charge is 0.384 e. The fraction of sp³-hybridized carbons (Fsp3) is 0.654. The number of ether oxygens (including phenoxy) is 2. The zero-order valence-electron chi connectivity index (χ0n) is 21.1. The number of rotatable bonds is 10. The van der Waals surface area contributed by atoms with Crippen LogP contribution < -0.4 is 16.0 Å². The van der Waals surface area contributed by atoms with Crippen LogP contribution in [0.25, 0.3) is 11.4 Å². The number of methoxy groups -OCH3 is 1. The van der Waals surface area contributed by atoms with Gasteiger partial charge in [0.1, 0.15) is 5.69 Å². The van der Waals surface area contributed by atoms with Crippen molar-refractivity contribution in [2.45, 2.75) is 70.5 Å². The van der Waals surface area contributed by atoms with Gasteiger partial charge in [0, 0.05) is 56.9 Å². The van der Waals surface area contributed by atoms with Gasteiger partial charge in [-0.2, -0.15) is 0 Å². The summed E-state index contributed by atoms with van der Waals surface area (Å²) in [6, 6.07) is 4.87. The summed E-state index contributed by atoms with van der Waals surface area (Å²) < 4.78 is 25.4. The number of nitrogens with zero attached hydrogens (tertiary/aromatic N) is 3. The summed E-state index contributed by atoms with van der Waals surface area (Å²) >= 11 is 0. The molecule has 1 unspecified atom stereocenters. The molecule has 0 radical (unpaired) electrons. The summed E-state index contributed by atoms with van der Waals surface area (Å²) in [4.78, 5) is 13.1. The van der Waals surface area contributed by atoms with E-state index in [1.165, 1.54) is 6.20 Å². The second kappa shape index (κ2) is 12.1. The van der Waals surface area contributed by atoms with Crippen LogP contribution in [0.1, 0.15) is 52.4 Å². The van der Waals surface area contributed by atoms with Crippen LogP contribution >= 0.6 is 0 Å². The predicted octanol–water partition coefficient (Wildman–Crippen LogP) is 4.25. The van der Waals surface area contributed by atoms with Crippen LogP contribution in [-0.2, 0) is 9.47 Å². The van der Waals surface area contributed by atoms with Gasteiger partial charge in [0.05, 0.1) is 18.5 Å². The molecule has 1 saturated heterocycles. The number of hydrogen-bond donors (Lipinski definition) is 3. The highest BCUT2D eigenvalue weighted by Gasteiger charge is 2.27. The molecule has 0 bridgehead atoms. The number of pyridine rings is 1. The van der Waals surface area contributed by atoms with Crippen LogP contribution in [0.2, 0.25) is 0 Å². The molecule has 35 heavy (non-hydrogen) atoms. The molecule has 9 heteroatoms. The Kier molecular flexibility index (Phi) is 8.86. The average Bonchev–Trinajstić information content (AvgIpc) is 2.86. The summed E-state index contributed by atoms with van der Waals surface area (Å²) in [7, 11) is 1.73. The molecule has 8 nitrogen and oxygen atoms in total. The minimum absolute atomic E-state index is 0.190. The van der Waals surface area contributed by atoms with Gasteiger partial charge < -0.3 is 25.4 Å². The lowest BCUT2D eigenvalue weighted by atomic mass is 9.82. The highest BCUT2D eigenvalue weighted by atomic mass is 19.1. The molecule has 4 rings (SSSR count). The van der Waals surface area contributed by atoms with Crippen LogP contribution in [0.15, 0.2) is 24.5 Å². The second-order valence-electron chi connectivity index (χ2n) is 10.3. The number of halogens is 1. The fourth-order valence-electron chi connectivity index (χ4n) is 4.93. The fourth-order valence-corrected chi connectivity index (χ4v) is 4.93. The van der Waals surface area contributed by atoms with Gasteiger partial charge in [0.25, 0.3) is 0 Å². The van der Waals surface area contributed by atoms with Gasteiger partial charge in [-0.1, -0.05) is 6.92 Å². The van der Waals surface area contributed by atoms with Gasteiger partial charge in [-0.25, -0.2) is 14.4 Å². The predicted molar refractivity (Wildman–Crippen MR) is 136 cm³/mol. The lowest BCUT2D eigenvalue weighted by Gasteiger charge is -2.33. The molecule has 3 heterocycles. The standard InChI is InChI=1S/C26H39FN6O2/c1-18(16-34-3)31-19-4-6-20(7-5-19)32-25-29-15-22(27)24(33-25)23-14-21(8-11-28-23)30-17-26(2)9-12-35-13-10-26/h8,11,14-15,18-20,31H,4-7,9-10,12-13,16-17H2,1-3H3,(H,28,30)(H,29,32,33). The van der Waals surface area contributed by atoms with Gasteiger partial charge in [-0.3, -0.25) is 4.98 Å². The smallest absolute Gasteiger partial charge is 0.223 e. The van der Waals surface area contributed by atoms with Crippen LogP contribution in [0, 0.1) is 11.2 Å². The molecule has 2 fully saturated rings. The Morgan fingerprint density at radius 3 is 2.66 bits per heavy atom. The lowest BCUT2D eigenvalue weighted by molar-refractivity contribution is 0.0300. The van der Waals surface area contributed by atoms with Gasteiger partial charge in [-0.05, 0) is 63.0 Å². The first kappa shape index (κ1) is 25.7. The van der Waals surface area contributed by atoms with Gasteiger partial charge >= 0.3 is 0 Å². The topological polar surface area (TPSA) is 93.2 Å². The molecular formula is C26H39FN6O2.